The number of imide groups is 1. The third-order valence-electron chi connectivity index (χ3n) is 3.94. The van der Waals surface area contributed by atoms with E-state index in [0.717, 1.165) is 10.5 Å². The van der Waals surface area contributed by atoms with E-state index >= 15 is 0 Å². The van der Waals surface area contributed by atoms with Crippen molar-refractivity contribution in [2.24, 2.45) is 0 Å². The van der Waals surface area contributed by atoms with Crippen LogP contribution in [0.25, 0.3) is 0 Å². The summed E-state index contributed by atoms with van der Waals surface area (Å²) in [6.45, 7) is 4.34. The molecular weight excluding hydrogens is 303 g/mol. The second-order valence-electron chi connectivity index (χ2n) is 6.00. The van der Waals surface area contributed by atoms with Crippen LogP contribution in [0.3, 0.4) is 0 Å². The van der Waals surface area contributed by atoms with Gasteiger partial charge >= 0.3 is 6.09 Å². The van der Waals surface area contributed by atoms with Crippen LogP contribution in [0.2, 0.25) is 0 Å². The van der Waals surface area contributed by atoms with E-state index in [1.54, 1.807) is 26.1 Å². The molecule has 6 nitrogen and oxygen atoms in total. The first kappa shape index (κ1) is 16.9. The minimum atomic E-state index is -1.25. The molecule has 1 heterocycles. The summed E-state index contributed by atoms with van der Waals surface area (Å²) in [5.41, 5.74) is -0.503. The highest BCUT2D eigenvalue weighted by atomic mass is 19.1. The van der Waals surface area contributed by atoms with E-state index in [1.807, 2.05) is 0 Å². The van der Waals surface area contributed by atoms with Crippen LogP contribution < -0.4 is 0 Å². The second-order valence-corrected chi connectivity index (χ2v) is 6.00. The van der Waals surface area contributed by atoms with Gasteiger partial charge in [-0.2, -0.15) is 0 Å². The van der Waals surface area contributed by atoms with Crippen molar-refractivity contribution in [1.82, 2.24) is 9.80 Å². The lowest BCUT2D eigenvalue weighted by Crippen LogP contribution is -2.43. The van der Waals surface area contributed by atoms with E-state index in [1.165, 1.54) is 30.9 Å². The first-order chi connectivity index (χ1) is 10.6. The van der Waals surface area contributed by atoms with Crippen molar-refractivity contribution in [2.45, 2.75) is 32.4 Å². The topological polar surface area (TPSA) is 66.9 Å². The zero-order valence-electron chi connectivity index (χ0n) is 13.5. The lowest BCUT2D eigenvalue weighted by molar-refractivity contribution is -0.140. The van der Waals surface area contributed by atoms with Gasteiger partial charge in [0.15, 0.2) is 5.60 Å². The smallest absolute Gasteiger partial charge is 0.418 e. The molecule has 1 aliphatic heterocycles. The number of ether oxygens (including phenoxy) is 1. The van der Waals surface area contributed by atoms with Crippen LogP contribution in [-0.4, -0.2) is 46.9 Å². The van der Waals surface area contributed by atoms with Crippen LogP contribution >= 0.6 is 0 Å². The summed E-state index contributed by atoms with van der Waals surface area (Å²) in [6.07, 6.45) is -0.823. The van der Waals surface area contributed by atoms with E-state index in [2.05, 4.69) is 0 Å². The molecule has 1 saturated heterocycles. The van der Waals surface area contributed by atoms with Crippen molar-refractivity contribution in [3.05, 3.63) is 35.6 Å². The Kier molecular flexibility index (Phi) is 4.40. The van der Waals surface area contributed by atoms with Crippen molar-refractivity contribution >= 4 is 17.9 Å². The Labute approximate surface area is 133 Å². The van der Waals surface area contributed by atoms with Crippen molar-refractivity contribution in [2.75, 3.05) is 13.6 Å². The van der Waals surface area contributed by atoms with Crippen molar-refractivity contribution in [3.63, 3.8) is 0 Å². The maximum atomic E-state index is 13.0. The van der Waals surface area contributed by atoms with Crippen LogP contribution in [0, 0.1) is 5.82 Å². The molecule has 23 heavy (non-hydrogen) atoms. The molecule has 0 aliphatic carbocycles. The van der Waals surface area contributed by atoms with Crippen molar-refractivity contribution in [3.8, 4) is 0 Å². The molecule has 0 saturated carbocycles. The number of benzene rings is 1. The molecule has 3 amide bonds. The van der Waals surface area contributed by atoms with Crippen molar-refractivity contribution < 1.29 is 23.5 Å². The van der Waals surface area contributed by atoms with Gasteiger partial charge in [-0.15, -0.1) is 0 Å². The Morgan fingerprint density at radius 2 is 1.87 bits per heavy atom. The number of nitrogens with zero attached hydrogens (tertiary/aromatic N) is 2. The van der Waals surface area contributed by atoms with Crippen LogP contribution in [0.1, 0.15) is 32.4 Å². The number of hydrogen-bond donors (Lipinski definition) is 0. The monoisotopic (exact) mass is 322 g/mol. The molecule has 0 aromatic heterocycles. The standard InChI is InChI=1S/C16H19FN2O4/c1-10(11-5-7-12(17)8-6-11)18(4)13(20)9-19-14(21)16(2,3)23-15(19)22/h5-8,10H,9H2,1-4H3/t10-/m1/s1. The van der Waals surface area contributed by atoms with E-state index < -0.39 is 23.5 Å². The number of hydrogen-bond acceptors (Lipinski definition) is 4. The average Bonchev–Trinajstić information content (AvgIpc) is 2.68. The summed E-state index contributed by atoms with van der Waals surface area (Å²) in [5.74, 6) is -1.31. The number of halogens is 1. The first-order valence-electron chi connectivity index (χ1n) is 7.19. The zero-order chi connectivity index (χ0) is 17.4. The summed E-state index contributed by atoms with van der Waals surface area (Å²) in [6, 6.07) is 5.47. The molecule has 0 unspecified atom stereocenters. The maximum absolute atomic E-state index is 13.0. The summed E-state index contributed by atoms with van der Waals surface area (Å²) in [4.78, 5) is 38.3. The SMILES string of the molecule is C[C@H](c1ccc(F)cc1)N(C)C(=O)CN1C(=O)OC(C)(C)C1=O. The molecule has 0 radical (unpaired) electrons. The maximum Gasteiger partial charge on any atom is 0.418 e. The van der Waals surface area contributed by atoms with Gasteiger partial charge in [-0.1, -0.05) is 12.1 Å². The van der Waals surface area contributed by atoms with E-state index in [9.17, 15) is 18.8 Å². The highest BCUT2D eigenvalue weighted by molar-refractivity contribution is 6.04. The van der Waals surface area contributed by atoms with Crippen molar-refractivity contribution in [1.29, 1.82) is 0 Å². The first-order valence-corrected chi connectivity index (χ1v) is 7.19. The summed E-state index contributed by atoms with van der Waals surface area (Å²) < 4.78 is 17.9. The van der Waals surface area contributed by atoms with E-state index in [-0.39, 0.29) is 18.4 Å². The molecule has 2 rings (SSSR count). The predicted octanol–water partition coefficient (Wildman–Crippen LogP) is 2.10. The summed E-state index contributed by atoms with van der Waals surface area (Å²) in [5, 5.41) is 0. The summed E-state index contributed by atoms with van der Waals surface area (Å²) >= 11 is 0. The van der Waals surface area contributed by atoms with Gasteiger partial charge < -0.3 is 9.64 Å². The van der Waals surface area contributed by atoms with Gasteiger partial charge in [0.1, 0.15) is 12.4 Å². The number of carbonyl (C=O) groups excluding carboxylic acids is 3. The number of carbonyl (C=O) groups is 3. The number of likely N-dealkylation sites (N-methyl/N-ethyl adjacent to an activating group) is 1. The molecule has 1 aromatic carbocycles. The number of rotatable bonds is 4. The summed E-state index contributed by atoms with van der Waals surface area (Å²) in [7, 11) is 1.56. The Balaban J connectivity index is 2.07. The highest BCUT2D eigenvalue weighted by Crippen LogP contribution is 2.24. The molecule has 124 valence electrons. The van der Waals surface area contributed by atoms with Gasteiger partial charge in [0.25, 0.3) is 5.91 Å². The molecule has 0 N–H and O–H groups in total. The fourth-order valence-electron chi connectivity index (χ4n) is 2.29. The normalized spacial score (nSPS) is 17.9. The second kappa shape index (κ2) is 5.98. The Morgan fingerprint density at radius 3 is 2.35 bits per heavy atom. The average molecular weight is 322 g/mol. The van der Waals surface area contributed by atoms with Gasteiger partial charge in [0.05, 0.1) is 6.04 Å². The molecule has 1 aliphatic rings. The zero-order valence-corrected chi connectivity index (χ0v) is 13.5. The van der Waals surface area contributed by atoms with Crippen LogP contribution in [0.15, 0.2) is 24.3 Å². The van der Waals surface area contributed by atoms with Gasteiger partial charge in [-0.3, -0.25) is 9.59 Å². The molecule has 0 spiro atoms. The Bertz CT molecular complexity index is 642. The molecular formula is C16H19FN2O4. The van der Waals surface area contributed by atoms with E-state index in [4.69, 9.17) is 4.74 Å². The van der Waals surface area contributed by atoms with Gasteiger partial charge in [-0.25, -0.2) is 14.1 Å². The number of amides is 3. The molecule has 7 heteroatoms. The van der Waals surface area contributed by atoms with Crippen LogP contribution in [-0.2, 0) is 14.3 Å². The van der Waals surface area contributed by atoms with Gasteiger partial charge in [0.2, 0.25) is 5.91 Å². The van der Waals surface area contributed by atoms with Crippen LogP contribution in [0.5, 0.6) is 0 Å². The van der Waals surface area contributed by atoms with Gasteiger partial charge in [0, 0.05) is 7.05 Å². The fourth-order valence-corrected chi connectivity index (χ4v) is 2.29. The third-order valence-corrected chi connectivity index (χ3v) is 3.94. The lowest BCUT2D eigenvalue weighted by atomic mass is 10.1. The lowest BCUT2D eigenvalue weighted by Gasteiger charge is -2.26. The largest absolute Gasteiger partial charge is 0.433 e. The Morgan fingerprint density at radius 1 is 1.30 bits per heavy atom. The number of cyclic esters (lactones) is 1. The minimum Gasteiger partial charge on any atom is -0.433 e. The van der Waals surface area contributed by atoms with Gasteiger partial charge in [-0.05, 0) is 38.5 Å². The minimum absolute atomic E-state index is 0.329. The Hall–Kier alpha value is -2.44. The quantitative estimate of drug-likeness (QED) is 0.851. The highest BCUT2D eigenvalue weighted by Gasteiger charge is 2.48. The van der Waals surface area contributed by atoms with E-state index in [0.29, 0.717) is 0 Å². The molecule has 1 fully saturated rings. The molecule has 0 bridgehead atoms. The van der Waals surface area contributed by atoms with Crippen LogP contribution in [0.4, 0.5) is 9.18 Å². The third kappa shape index (κ3) is 3.33. The molecule has 1 aromatic rings. The predicted molar refractivity (Wildman–Crippen MR) is 79.9 cm³/mol. The fraction of sp³-hybridized carbons (Fsp3) is 0.438. The molecule has 1 atom stereocenters.